The predicted octanol–water partition coefficient (Wildman–Crippen LogP) is 2.48. The van der Waals surface area contributed by atoms with Crippen molar-refractivity contribution in [3.05, 3.63) is 59.9 Å². The number of amides is 2. The quantitative estimate of drug-likeness (QED) is 0.325. The highest BCUT2D eigenvalue weighted by Gasteiger charge is 2.27. The van der Waals surface area contributed by atoms with Crippen LogP contribution in [0.2, 0.25) is 0 Å². The van der Waals surface area contributed by atoms with Crippen LogP contribution in [0.4, 0.5) is 0 Å². The molecule has 8 heteroatoms. The van der Waals surface area contributed by atoms with Gasteiger partial charge in [0.15, 0.2) is 0 Å². The molecule has 1 fully saturated rings. The van der Waals surface area contributed by atoms with E-state index in [9.17, 15) is 9.59 Å². The number of hydrogen-bond acceptors (Lipinski definition) is 6. The van der Waals surface area contributed by atoms with E-state index in [1.807, 2.05) is 36.4 Å². The number of benzene rings is 1. The van der Waals surface area contributed by atoms with Gasteiger partial charge < -0.3 is 26.8 Å². The third-order valence-electron chi connectivity index (χ3n) is 6.72. The molecule has 2 amide bonds. The normalized spacial score (nSPS) is 18.5. The topological polar surface area (TPSA) is 132 Å². The Labute approximate surface area is 208 Å². The fourth-order valence-electron chi connectivity index (χ4n) is 4.42. The van der Waals surface area contributed by atoms with E-state index in [2.05, 4.69) is 15.6 Å². The summed E-state index contributed by atoms with van der Waals surface area (Å²) >= 11 is 0. The first-order chi connectivity index (χ1) is 17.1. The molecule has 3 rings (SSSR count). The summed E-state index contributed by atoms with van der Waals surface area (Å²) in [5, 5.41) is 6.04. The van der Waals surface area contributed by atoms with Crippen LogP contribution in [0.5, 0.6) is 5.75 Å². The Bertz CT molecular complexity index is 899. The largest absolute Gasteiger partial charge is 0.489 e. The number of nitrogens with zero attached hydrogens (tertiary/aromatic N) is 1. The second kappa shape index (κ2) is 14.4. The Morgan fingerprint density at radius 1 is 0.971 bits per heavy atom. The fraction of sp³-hybridized carbons (Fsp3) is 0.519. The van der Waals surface area contributed by atoms with Gasteiger partial charge in [-0.05, 0) is 92.9 Å². The summed E-state index contributed by atoms with van der Waals surface area (Å²) in [6, 6.07) is 11.3. The van der Waals surface area contributed by atoms with Crippen molar-refractivity contribution in [2.45, 2.75) is 51.0 Å². The van der Waals surface area contributed by atoms with Crippen LogP contribution in [0.1, 0.15) is 55.6 Å². The molecule has 190 valence electrons. The van der Waals surface area contributed by atoms with E-state index >= 15 is 0 Å². The molecule has 1 unspecified atom stereocenters. The van der Waals surface area contributed by atoms with Crippen LogP contribution in [0.3, 0.4) is 0 Å². The minimum absolute atomic E-state index is 0.00460. The molecule has 35 heavy (non-hydrogen) atoms. The zero-order chi connectivity index (χ0) is 24.9. The predicted molar refractivity (Wildman–Crippen MR) is 137 cm³/mol. The maximum absolute atomic E-state index is 13.0. The standard InChI is InChI=1S/C27H39N5O3/c28-13-1-2-14-31-27(34)25(18-32-26(33)23-5-3-20(17-29)4-6-23)22-7-9-24(10-8-22)35-19-21-11-15-30-16-12-21/h7-12,15-16,20,23,25H,1-6,13-14,17-19,28-29H2,(H,31,34)(H,32,33). The molecule has 1 aromatic heterocycles. The summed E-state index contributed by atoms with van der Waals surface area (Å²) in [6.45, 7) is 2.55. The lowest BCUT2D eigenvalue weighted by Crippen LogP contribution is -2.40. The highest BCUT2D eigenvalue weighted by molar-refractivity contribution is 5.85. The molecule has 0 saturated heterocycles. The van der Waals surface area contributed by atoms with Gasteiger partial charge in [0.25, 0.3) is 0 Å². The minimum Gasteiger partial charge on any atom is -0.489 e. The summed E-state index contributed by atoms with van der Waals surface area (Å²) in [7, 11) is 0. The maximum Gasteiger partial charge on any atom is 0.229 e. The Morgan fingerprint density at radius 2 is 1.69 bits per heavy atom. The SMILES string of the molecule is NCCCCNC(=O)C(CNC(=O)C1CCC(CN)CC1)c1ccc(OCc2ccncc2)cc1. The summed E-state index contributed by atoms with van der Waals surface area (Å²) in [5.74, 6) is 0.679. The highest BCUT2D eigenvalue weighted by Crippen LogP contribution is 2.28. The van der Waals surface area contributed by atoms with E-state index in [0.29, 0.717) is 37.9 Å². The van der Waals surface area contributed by atoms with Crippen molar-refractivity contribution in [3.8, 4) is 5.75 Å². The van der Waals surface area contributed by atoms with Gasteiger partial charge in [0.2, 0.25) is 11.8 Å². The van der Waals surface area contributed by atoms with E-state index in [4.69, 9.17) is 16.2 Å². The number of carbonyl (C=O) groups is 2. The lowest BCUT2D eigenvalue weighted by atomic mass is 9.81. The second-order valence-electron chi connectivity index (χ2n) is 9.25. The molecule has 1 atom stereocenters. The van der Waals surface area contributed by atoms with Gasteiger partial charge in [-0.2, -0.15) is 0 Å². The van der Waals surface area contributed by atoms with Crippen molar-refractivity contribution in [2.75, 3.05) is 26.2 Å². The van der Waals surface area contributed by atoms with Crippen LogP contribution >= 0.6 is 0 Å². The van der Waals surface area contributed by atoms with Crippen molar-refractivity contribution < 1.29 is 14.3 Å². The van der Waals surface area contributed by atoms with Gasteiger partial charge in [-0.25, -0.2) is 0 Å². The van der Waals surface area contributed by atoms with Crippen molar-refractivity contribution in [1.82, 2.24) is 15.6 Å². The van der Waals surface area contributed by atoms with Gasteiger partial charge in [0.1, 0.15) is 12.4 Å². The van der Waals surface area contributed by atoms with Crippen LogP contribution in [0.15, 0.2) is 48.8 Å². The molecule has 1 aliphatic carbocycles. The first-order valence-electron chi connectivity index (χ1n) is 12.7. The molecule has 1 aromatic carbocycles. The molecule has 0 aliphatic heterocycles. The van der Waals surface area contributed by atoms with Crippen LogP contribution in [-0.4, -0.2) is 43.0 Å². The van der Waals surface area contributed by atoms with E-state index in [-0.39, 0.29) is 24.3 Å². The molecule has 8 nitrogen and oxygen atoms in total. The molecular weight excluding hydrogens is 442 g/mol. The van der Waals surface area contributed by atoms with Crippen molar-refractivity contribution in [3.63, 3.8) is 0 Å². The van der Waals surface area contributed by atoms with Crippen LogP contribution in [0, 0.1) is 11.8 Å². The molecule has 0 radical (unpaired) electrons. The molecular formula is C27H39N5O3. The number of pyridine rings is 1. The van der Waals surface area contributed by atoms with Gasteiger partial charge in [-0.15, -0.1) is 0 Å². The number of ether oxygens (including phenoxy) is 1. The Balaban J connectivity index is 1.60. The zero-order valence-corrected chi connectivity index (χ0v) is 20.5. The highest BCUT2D eigenvalue weighted by atomic mass is 16.5. The Kier molecular flexibility index (Phi) is 11.0. The summed E-state index contributed by atoms with van der Waals surface area (Å²) in [5.41, 5.74) is 13.2. The van der Waals surface area contributed by atoms with E-state index in [0.717, 1.165) is 49.7 Å². The number of nitrogens with two attached hydrogens (primary N) is 2. The first kappa shape index (κ1) is 26.6. The Hall–Kier alpha value is -2.97. The number of carbonyl (C=O) groups excluding carboxylic acids is 2. The number of aromatic nitrogens is 1. The van der Waals surface area contributed by atoms with Gasteiger partial charge in [0, 0.05) is 31.4 Å². The maximum atomic E-state index is 13.0. The van der Waals surface area contributed by atoms with Crippen LogP contribution in [0.25, 0.3) is 0 Å². The van der Waals surface area contributed by atoms with Gasteiger partial charge in [0.05, 0.1) is 5.92 Å². The average Bonchev–Trinajstić information content (AvgIpc) is 2.91. The third kappa shape index (κ3) is 8.64. The number of rotatable bonds is 13. The molecule has 1 aliphatic rings. The Morgan fingerprint density at radius 3 is 2.34 bits per heavy atom. The lowest BCUT2D eigenvalue weighted by molar-refractivity contribution is -0.126. The van der Waals surface area contributed by atoms with Gasteiger partial charge >= 0.3 is 0 Å². The van der Waals surface area contributed by atoms with Crippen LogP contribution in [-0.2, 0) is 16.2 Å². The van der Waals surface area contributed by atoms with E-state index in [1.54, 1.807) is 12.4 Å². The molecule has 2 aromatic rings. The monoisotopic (exact) mass is 481 g/mol. The smallest absolute Gasteiger partial charge is 0.229 e. The fourth-order valence-corrected chi connectivity index (χ4v) is 4.42. The molecule has 0 bridgehead atoms. The van der Waals surface area contributed by atoms with E-state index < -0.39 is 5.92 Å². The summed E-state index contributed by atoms with van der Waals surface area (Å²) < 4.78 is 5.86. The van der Waals surface area contributed by atoms with Gasteiger partial charge in [-0.1, -0.05) is 12.1 Å². The average molecular weight is 482 g/mol. The number of nitrogens with one attached hydrogen (secondary N) is 2. The third-order valence-corrected chi connectivity index (χ3v) is 6.72. The van der Waals surface area contributed by atoms with Gasteiger partial charge in [-0.3, -0.25) is 14.6 Å². The zero-order valence-electron chi connectivity index (χ0n) is 20.5. The van der Waals surface area contributed by atoms with Crippen molar-refractivity contribution in [2.24, 2.45) is 23.3 Å². The van der Waals surface area contributed by atoms with E-state index in [1.165, 1.54) is 0 Å². The number of hydrogen-bond donors (Lipinski definition) is 4. The van der Waals surface area contributed by atoms with Crippen molar-refractivity contribution >= 4 is 11.8 Å². The molecule has 6 N–H and O–H groups in total. The van der Waals surface area contributed by atoms with Crippen molar-refractivity contribution in [1.29, 1.82) is 0 Å². The second-order valence-corrected chi connectivity index (χ2v) is 9.25. The molecule has 0 spiro atoms. The molecule has 1 saturated carbocycles. The molecule has 1 heterocycles. The summed E-state index contributed by atoms with van der Waals surface area (Å²) in [4.78, 5) is 29.9. The number of unbranched alkanes of at least 4 members (excludes halogenated alkanes) is 1. The van der Waals surface area contributed by atoms with Crippen LogP contribution < -0.4 is 26.8 Å². The first-order valence-corrected chi connectivity index (χ1v) is 12.7. The summed E-state index contributed by atoms with van der Waals surface area (Å²) in [6.07, 6.45) is 8.83. The lowest BCUT2D eigenvalue weighted by Gasteiger charge is -2.27. The minimum atomic E-state index is -0.480.